The lowest BCUT2D eigenvalue weighted by Crippen LogP contribution is -2.23. The minimum atomic E-state index is -4.05. The summed E-state index contributed by atoms with van der Waals surface area (Å²) in [7, 11) is -4.05. The quantitative estimate of drug-likeness (QED) is 0.511. The van der Waals surface area contributed by atoms with Gasteiger partial charge in [0.15, 0.2) is 6.23 Å². The molecule has 112 valence electrons. The van der Waals surface area contributed by atoms with Crippen LogP contribution in [0.4, 0.5) is 0 Å². The van der Waals surface area contributed by atoms with Gasteiger partial charge in [0.05, 0.1) is 12.7 Å². The summed E-state index contributed by atoms with van der Waals surface area (Å²) in [6.07, 6.45) is -0.872. The van der Waals surface area contributed by atoms with Crippen LogP contribution in [0.25, 0.3) is 0 Å². The third-order valence-electron chi connectivity index (χ3n) is 2.57. The second kappa shape index (κ2) is 5.67. The van der Waals surface area contributed by atoms with Crippen LogP contribution in [0.3, 0.4) is 0 Å². The molecule has 1 aliphatic heterocycles. The standard InChI is InChI=1S/C8H13N5O5S2/c9-6(19)7-11-3-13(12-7)8-5(14)1-4(18-8)2-17-20(10,15)16/h3-5,8,14H,1-2H2,(H2,9,19)(H2,10,15,16)/t4-,5+,8+/m0/s1. The van der Waals surface area contributed by atoms with Crippen LogP contribution in [-0.4, -0.2) is 52.1 Å². The van der Waals surface area contributed by atoms with E-state index in [-0.39, 0.29) is 23.8 Å². The highest BCUT2D eigenvalue weighted by Crippen LogP contribution is 2.28. The summed E-state index contributed by atoms with van der Waals surface area (Å²) in [4.78, 5) is 3.87. The molecule has 0 unspecified atom stereocenters. The lowest BCUT2D eigenvalue weighted by molar-refractivity contribution is -0.0539. The molecule has 0 aliphatic carbocycles. The van der Waals surface area contributed by atoms with Gasteiger partial charge in [0.25, 0.3) is 0 Å². The predicted molar refractivity (Wildman–Crippen MR) is 69.5 cm³/mol. The molecular formula is C8H13N5O5S2. The molecule has 0 amide bonds. The highest BCUT2D eigenvalue weighted by molar-refractivity contribution is 7.84. The van der Waals surface area contributed by atoms with Gasteiger partial charge in [0, 0.05) is 6.42 Å². The molecule has 1 aliphatic rings. The van der Waals surface area contributed by atoms with Gasteiger partial charge in [-0.2, -0.15) is 8.42 Å². The van der Waals surface area contributed by atoms with Gasteiger partial charge in [-0.1, -0.05) is 12.2 Å². The van der Waals surface area contributed by atoms with Gasteiger partial charge in [0.2, 0.25) is 5.82 Å². The van der Waals surface area contributed by atoms with E-state index in [1.165, 1.54) is 11.0 Å². The molecule has 2 rings (SSSR count). The van der Waals surface area contributed by atoms with Crippen LogP contribution in [0.5, 0.6) is 0 Å². The Bertz CT molecular complexity index is 602. The van der Waals surface area contributed by atoms with Crippen molar-refractivity contribution in [3.63, 3.8) is 0 Å². The first-order valence-corrected chi connectivity index (χ1v) is 7.36. The number of rotatable bonds is 5. The lowest BCUT2D eigenvalue weighted by atomic mass is 10.2. The molecule has 1 aromatic heterocycles. The molecule has 1 fully saturated rings. The van der Waals surface area contributed by atoms with E-state index in [1.54, 1.807) is 0 Å². The number of ether oxygens (including phenoxy) is 1. The Morgan fingerprint density at radius 1 is 1.70 bits per heavy atom. The van der Waals surface area contributed by atoms with Gasteiger partial charge in [0.1, 0.15) is 17.4 Å². The van der Waals surface area contributed by atoms with Crippen LogP contribution in [0.1, 0.15) is 18.5 Å². The molecule has 0 aromatic carbocycles. The molecule has 2 heterocycles. The second-order valence-corrected chi connectivity index (χ2v) is 5.80. The Morgan fingerprint density at radius 2 is 2.40 bits per heavy atom. The highest BCUT2D eigenvalue weighted by atomic mass is 32.2. The molecule has 5 N–H and O–H groups in total. The third-order valence-corrected chi connectivity index (χ3v) is 3.22. The fourth-order valence-electron chi connectivity index (χ4n) is 1.76. The zero-order valence-corrected chi connectivity index (χ0v) is 11.7. The average Bonchev–Trinajstić information content (AvgIpc) is 2.91. The molecule has 20 heavy (non-hydrogen) atoms. The summed E-state index contributed by atoms with van der Waals surface area (Å²) in [5, 5.41) is 18.5. The Kier molecular flexibility index (Phi) is 4.31. The van der Waals surface area contributed by atoms with Crippen LogP contribution in [0.2, 0.25) is 0 Å². The first-order chi connectivity index (χ1) is 9.26. The monoisotopic (exact) mass is 323 g/mol. The predicted octanol–water partition coefficient (Wildman–Crippen LogP) is -2.22. The molecular weight excluding hydrogens is 310 g/mol. The minimum absolute atomic E-state index is 0.0188. The number of aliphatic hydroxyl groups is 1. The van der Waals surface area contributed by atoms with E-state index in [4.69, 9.17) is 27.8 Å². The number of hydrogen-bond acceptors (Lipinski definition) is 8. The van der Waals surface area contributed by atoms with E-state index in [2.05, 4.69) is 14.3 Å². The van der Waals surface area contributed by atoms with Crippen molar-refractivity contribution in [3.8, 4) is 0 Å². The summed E-state index contributed by atoms with van der Waals surface area (Å²) in [5.41, 5.74) is 5.37. The van der Waals surface area contributed by atoms with E-state index in [9.17, 15) is 13.5 Å². The molecule has 3 atom stereocenters. The van der Waals surface area contributed by atoms with Crippen LogP contribution < -0.4 is 10.9 Å². The van der Waals surface area contributed by atoms with Crippen molar-refractivity contribution in [3.05, 3.63) is 12.2 Å². The van der Waals surface area contributed by atoms with E-state index in [1.807, 2.05) is 0 Å². The van der Waals surface area contributed by atoms with E-state index in [0.29, 0.717) is 0 Å². The van der Waals surface area contributed by atoms with Crippen molar-refractivity contribution in [1.29, 1.82) is 0 Å². The SMILES string of the molecule is NC(=S)c1ncn([C@@H]2O[C@H](COS(N)(=O)=O)C[C@H]2O)n1. The normalized spacial score (nSPS) is 26.8. The summed E-state index contributed by atoms with van der Waals surface area (Å²) in [6.45, 7) is -0.288. The van der Waals surface area contributed by atoms with Gasteiger partial charge in [-0.15, -0.1) is 5.10 Å². The number of thiocarbonyl (C=S) groups is 1. The van der Waals surface area contributed by atoms with Gasteiger partial charge >= 0.3 is 10.3 Å². The largest absolute Gasteiger partial charge is 0.388 e. The van der Waals surface area contributed by atoms with E-state index < -0.39 is 28.7 Å². The Hall–Kier alpha value is -1.18. The summed E-state index contributed by atoms with van der Waals surface area (Å²) in [6, 6.07) is 0. The van der Waals surface area contributed by atoms with Crippen LogP contribution >= 0.6 is 12.2 Å². The first-order valence-electron chi connectivity index (χ1n) is 5.48. The number of nitrogens with zero attached hydrogens (tertiary/aromatic N) is 3. The molecule has 1 aromatic rings. The van der Waals surface area contributed by atoms with Crippen molar-refractivity contribution in [1.82, 2.24) is 14.8 Å². The summed E-state index contributed by atoms with van der Waals surface area (Å²) >= 11 is 4.72. The Balaban J connectivity index is 2.01. The van der Waals surface area contributed by atoms with Crippen molar-refractivity contribution in [2.75, 3.05) is 6.61 Å². The van der Waals surface area contributed by atoms with Crippen molar-refractivity contribution in [2.24, 2.45) is 10.9 Å². The van der Waals surface area contributed by atoms with Gasteiger partial charge < -0.3 is 15.6 Å². The second-order valence-electron chi connectivity index (χ2n) is 4.14. The minimum Gasteiger partial charge on any atom is -0.388 e. The maximum atomic E-state index is 10.7. The highest BCUT2D eigenvalue weighted by Gasteiger charge is 2.36. The van der Waals surface area contributed by atoms with Gasteiger partial charge in [-0.25, -0.2) is 14.8 Å². The topological polar surface area (TPSA) is 156 Å². The maximum absolute atomic E-state index is 10.7. The first kappa shape index (κ1) is 15.2. The summed E-state index contributed by atoms with van der Waals surface area (Å²) < 4.78 is 32.5. The van der Waals surface area contributed by atoms with E-state index in [0.717, 1.165) is 0 Å². The molecule has 0 saturated carbocycles. The number of hydrogen-bond donors (Lipinski definition) is 3. The molecule has 12 heteroatoms. The zero-order chi connectivity index (χ0) is 14.9. The van der Waals surface area contributed by atoms with Crippen molar-refractivity contribution >= 4 is 27.5 Å². The smallest absolute Gasteiger partial charge is 0.333 e. The summed E-state index contributed by atoms with van der Waals surface area (Å²) in [5.74, 6) is 0.153. The number of aromatic nitrogens is 3. The zero-order valence-electron chi connectivity index (χ0n) is 10.1. The third kappa shape index (κ3) is 3.68. The molecule has 10 nitrogen and oxygen atoms in total. The average molecular weight is 323 g/mol. The van der Waals surface area contributed by atoms with E-state index >= 15 is 0 Å². The molecule has 0 bridgehead atoms. The Labute approximate surface area is 119 Å². The van der Waals surface area contributed by atoms with Crippen molar-refractivity contribution < 1.29 is 22.4 Å². The van der Waals surface area contributed by atoms with Crippen LogP contribution in [0.15, 0.2) is 6.33 Å². The van der Waals surface area contributed by atoms with Crippen LogP contribution in [-0.2, 0) is 19.2 Å². The van der Waals surface area contributed by atoms with Gasteiger partial charge in [-0.3, -0.25) is 4.18 Å². The van der Waals surface area contributed by atoms with Gasteiger partial charge in [-0.05, 0) is 0 Å². The van der Waals surface area contributed by atoms with Crippen molar-refractivity contribution in [2.45, 2.75) is 24.9 Å². The fourth-order valence-corrected chi connectivity index (χ4v) is 2.19. The maximum Gasteiger partial charge on any atom is 0.333 e. The fraction of sp³-hybridized carbons (Fsp3) is 0.625. The molecule has 0 radical (unpaired) electrons. The Morgan fingerprint density at radius 3 is 2.95 bits per heavy atom. The molecule has 1 saturated heterocycles. The number of aliphatic hydroxyl groups excluding tert-OH is 1. The number of nitrogens with two attached hydrogens (primary N) is 2. The van der Waals surface area contributed by atoms with Crippen LogP contribution in [0, 0.1) is 0 Å². The molecule has 0 spiro atoms. The lowest BCUT2D eigenvalue weighted by Gasteiger charge is -2.14.